The molecule has 3 N–H and O–H groups in total. The number of aromatic amines is 1. The molecule has 2 heterocycles. The number of alkyl halides is 2. The third kappa shape index (κ3) is 3.58. The minimum absolute atomic E-state index is 0.0739. The highest BCUT2D eigenvalue weighted by Crippen LogP contribution is 2.40. The lowest BCUT2D eigenvalue weighted by atomic mass is 10.1. The quantitative estimate of drug-likeness (QED) is 0.453. The molecule has 1 aliphatic carbocycles. The van der Waals surface area contributed by atoms with Crippen LogP contribution in [0.4, 0.5) is 8.78 Å². The lowest BCUT2D eigenvalue weighted by Gasteiger charge is -2.17. The monoisotopic (exact) mass is 387 g/mol. The molecular weight excluding hydrogens is 364 g/mol. The molecule has 1 saturated heterocycles. The van der Waals surface area contributed by atoms with Crippen molar-refractivity contribution < 1.29 is 13.5 Å². The molecule has 1 aliphatic heterocycles. The number of benzene rings is 1. The van der Waals surface area contributed by atoms with E-state index >= 15 is 0 Å². The van der Waals surface area contributed by atoms with Crippen molar-refractivity contribution in [2.24, 2.45) is 10.7 Å². The van der Waals surface area contributed by atoms with Crippen LogP contribution in [0, 0.1) is 0 Å². The number of nitrogens with two attached hydrogens (primary N) is 1. The number of likely N-dealkylation sites (tertiary alicyclic amines) is 1. The molecule has 2 atom stereocenters. The largest absolute Gasteiger partial charge is 0.488 e. The van der Waals surface area contributed by atoms with E-state index in [0.717, 1.165) is 35.8 Å². The Hall–Kier alpha value is -2.90. The van der Waals surface area contributed by atoms with Crippen molar-refractivity contribution in [3.8, 4) is 5.75 Å². The van der Waals surface area contributed by atoms with Crippen LogP contribution in [0.3, 0.4) is 0 Å². The van der Waals surface area contributed by atoms with Crippen molar-refractivity contribution in [2.45, 2.75) is 37.7 Å². The van der Waals surface area contributed by atoms with Crippen LogP contribution in [0.15, 0.2) is 41.7 Å². The second kappa shape index (κ2) is 6.92. The molecule has 0 spiro atoms. The lowest BCUT2D eigenvalue weighted by Crippen LogP contribution is -2.20. The van der Waals surface area contributed by atoms with Gasteiger partial charge in [-0.05, 0) is 49.6 Å². The molecule has 1 aromatic carbocycles. The van der Waals surface area contributed by atoms with E-state index in [1.165, 1.54) is 4.90 Å². The summed E-state index contributed by atoms with van der Waals surface area (Å²) in [6.45, 7) is 6.00. The highest BCUT2D eigenvalue weighted by molar-refractivity contribution is 5.93. The van der Waals surface area contributed by atoms with Gasteiger partial charge in [-0.2, -0.15) is 5.10 Å². The molecule has 6 nitrogen and oxygen atoms in total. The van der Waals surface area contributed by atoms with E-state index in [2.05, 4.69) is 28.7 Å². The summed E-state index contributed by atoms with van der Waals surface area (Å²) in [6.07, 6.45) is 1.74. The van der Waals surface area contributed by atoms with Gasteiger partial charge in [-0.25, -0.2) is 13.8 Å². The van der Waals surface area contributed by atoms with E-state index in [-0.39, 0.29) is 18.7 Å². The van der Waals surface area contributed by atoms with Crippen LogP contribution in [-0.2, 0) is 0 Å². The number of nitrogens with zero attached hydrogens (tertiary/aromatic N) is 3. The Balaban J connectivity index is 1.63. The van der Waals surface area contributed by atoms with E-state index < -0.39 is 12.3 Å². The zero-order valence-corrected chi connectivity index (χ0v) is 15.7. The van der Waals surface area contributed by atoms with E-state index in [0.29, 0.717) is 17.1 Å². The number of ether oxygens (including phenoxy) is 1. The Labute approximate surface area is 161 Å². The summed E-state index contributed by atoms with van der Waals surface area (Å²) < 4.78 is 33.2. The van der Waals surface area contributed by atoms with E-state index in [1.807, 2.05) is 18.2 Å². The van der Waals surface area contributed by atoms with Gasteiger partial charge in [0.15, 0.2) is 12.3 Å². The van der Waals surface area contributed by atoms with E-state index in [9.17, 15) is 8.78 Å². The summed E-state index contributed by atoms with van der Waals surface area (Å²) in [5.41, 5.74) is 7.36. The molecule has 28 heavy (non-hydrogen) atoms. The van der Waals surface area contributed by atoms with Crippen molar-refractivity contribution in [1.29, 1.82) is 0 Å². The normalized spacial score (nSPS) is 24.2. The molecule has 0 amide bonds. The third-order valence-corrected chi connectivity index (χ3v) is 5.17. The van der Waals surface area contributed by atoms with E-state index in [1.54, 1.807) is 6.08 Å². The minimum atomic E-state index is -1.54. The fourth-order valence-corrected chi connectivity index (χ4v) is 3.29. The van der Waals surface area contributed by atoms with Crippen LogP contribution in [0.5, 0.6) is 5.75 Å². The first kappa shape index (κ1) is 18.5. The molecule has 4 rings (SSSR count). The highest BCUT2D eigenvalue weighted by atomic mass is 19.2. The van der Waals surface area contributed by atoms with Crippen LogP contribution < -0.4 is 10.5 Å². The topological polar surface area (TPSA) is 79.5 Å². The standard InChI is InChI=1S/C20H23F2N5O/c1-12(7-18(24-11-23)27-9-15(21)16(22)10-27)19-14-8-13(28-20(2)5-6-20)3-4-17(14)25-26-19/h3-4,7-8,11,15-16H,1,5-6,9-10H2,2H3,(H2,23,24)(H,25,26)/b18-7+/t15-,16-/m0/s1. The van der Waals surface area contributed by atoms with Crippen molar-refractivity contribution in [2.75, 3.05) is 13.1 Å². The first-order valence-electron chi connectivity index (χ1n) is 9.24. The number of aliphatic imine (C=N–C) groups is 1. The molecule has 2 aliphatic rings. The fraction of sp³-hybridized carbons (Fsp3) is 0.400. The number of allylic oxidation sites excluding steroid dienone is 2. The summed E-state index contributed by atoms with van der Waals surface area (Å²) in [5.74, 6) is 1.12. The number of rotatable bonds is 6. The average molecular weight is 387 g/mol. The van der Waals surface area contributed by atoms with Crippen LogP contribution in [-0.4, -0.2) is 52.5 Å². The predicted octanol–water partition coefficient (Wildman–Crippen LogP) is 3.33. The maximum absolute atomic E-state index is 13.6. The minimum Gasteiger partial charge on any atom is -0.488 e. The second-order valence-electron chi connectivity index (χ2n) is 7.57. The molecule has 0 bridgehead atoms. The van der Waals surface area contributed by atoms with Gasteiger partial charge in [-0.1, -0.05) is 6.58 Å². The summed E-state index contributed by atoms with van der Waals surface area (Å²) in [5, 5.41) is 8.17. The van der Waals surface area contributed by atoms with E-state index in [4.69, 9.17) is 10.5 Å². The summed E-state index contributed by atoms with van der Waals surface area (Å²) >= 11 is 0. The van der Waals surface area contributed by atoms with Gasteiger partial charge in [0.05, 0.1) is 30.6 Å². The zero-order chi connectivity index (χ0) is 19.9. The first-order chi connectivity index (χ1) is 13.4. The van der Waals surface area contributed by atoms with Gasteiger partial charge in [-0.3, -0.25) is 5.10 Å². The molecular formula is C20H23F2N5O. The average Bonchev–Trinajstić information content (AvgIpc) is 3.08. The first-order valence-corrected chi connectivity index (χ1v) is 9.24. The number of aromatic nitrogens is 2. The highest BCUT2D eigenvalue weighted by Gasteiger charge is 2.40. The van der Waals surface area contributed by atoms with Gasteiger partial charge in [0.25, 0.3) is 0 Å². The van der Waals surface area contributed by atoms with Gasteiger partial charge in [0, 0.05) is 5.39 Å². The van der Waals surface area contributed by atoms with Crippen LogP contribution in [0.2, 0.25) is 0 Å². The van der Waals surface area contributed by atoms with Gasteiger partial charge >= 0.3 is 0 Å². The van der Waals surface area contributed by atoms with Crippen molar-refractivity contribution >= 4 is 22.8 Å². The van der Waals surface area contributed by atoms with Crippen LogP contribution in [0.1, 0.15) is 25.5 Å². The number of hydrogen-bond acceptors (Lipinski definition) is 4. The number of nitrogens with one attached hydrogen (secondary N) is 1. The van der Waals surface area contributed by atoms with Crippen LogP contribution >= 0.6 is 0 Å². The molecule has 2 aromatic rings. The molecule has 0 radical (unpaired) electrons. The molecule has 1 saturated carbocycles. The van der Waals surface area contributed by atoms with Gasteiger partial charge in [0.2, 0.25) is 0 Å². The number of hydrogen-bond donors (Lipinski definition) is 2. The number of fused-ring (bicyclic) bond motifs is 1. The maximum atomic E-state index is 13.6. The zero-order valence-electron chi connectivity index (χ0n) is 15.7. The van der Waals surface area contributed by atoms with Gasteiger partial charge in [0.1, 0.15) is 17.2 Å². The molecule has 1 aromatic heterocycles. The molecule has 148 valence electrons. The van der Waals surface area contributed by atoms with Gasteiger partial charge in [-0.15, -0.1) is 0 Å². The van der Waals surface area contributed by atoms with Crippen molar-refractivity contribution in [3.63, 3.8) is 0 Å². The number of H-pyrrole nitrogens is 1. The van der Waals surface area contributed by atoms with Crippen LogP contribution in [0.25, 0.3) is 16.5 Å². The molecule has 0 unspecified atom stereocenters. The second-order valence-corrected chi connectivity index (χ2v) is 7.57. The third-order valence-electron chi connectivity index (χ3n) is 5.17. The van der Waals surface area contributed by atoms with Crippen molar-refractivity contribution in [1.82, 2.24) is 15.1 Å². The summed E-state index contributed by atoms with van der Waals surface area (Å²) in [6, 6.07) is 5.74. The maximum Gasteiger partial charge on any atom is 0.150 e. The number of halogens is 2. The Morgan fingerprint density at radius 2 is 2.11 bits per heavy atom. The Bertz CT molecular complexity index is 953. The van der Waals surface area contributed by atoms with Crippen molar-refractivity contribution in [3.05, 3.63) is 42.4 Å². The predicted molar refractivity (Wildman–Crippen MR) is 106 cm³/mol. The SMILES string of the molecule is C=C(/C=C(\N=C/N)N1C[C@H](F)[C@@H](F)C1)c1n[nH]c2ccc(OC3(C)CC3)cc12. The summed E-state index contributed by atoms with van der Waals surface area (Å²) in [4.78, 5) is 5.58. The lowest BCUT2D eigenvalue weighted by molar-refractivity contribution is 0.200. The summed E-state index contributed by atoms with van der Waals surface area (Å²) in [7, 11) is 0. The van der Waals surface area contributed by atoms with Gasteiger partial charge < -0.3 is 15.4 Å². The molecule has 8 heteroatoms. The Morgan fingerprint density at radius 3 is 2.75 bits per heavy atom. The Morgan fingerprint density at radius 1 is 1.39 bits per heavy atom. The fourth-order valence-electron chi connectivity index (χ4n) is 3.29. The smallest absolute Gasteiger partial charge is 0.150 e. The molecule has 2 fully saturated rings. The Kier molecular flexibility index (Phi) is 4.56.